The molecular formula is C44H26O2. The van der Waals surface area contributed by atoms with Crippen molar-refractivity contribution in [3.8, 4) is 33.4 Å². The molecule has 0 N–H and O–H groups in total. The topological polar surface area (TPSA) is 26.3 Å². The maximum absolute atomic E-state index is 6.57. The lowest BCUT2D eigenvalue weighted by Crippen LogP contribution is -1.90. The molecule has 0 aliphatic rings. The van der Waals surface area contributed by atoms with Crippen LogP contribution in [0.25, 0.3) is 98.8 Å². The van der Waals surface area contributed by atoms with Gasteiger partial charge >= 0.3 is 0 Å². The van der Waals surface area contributed by atoms with Crippen LogP contribution in [0.4, 0.5) is 0 Å². The number of rotatable bonds is 3. The summed E-state index contributed by atoms with van der Waals surface area (Å²) in [5.41, 5.74) is 10.7. The van der Waals surface area contributed by atoms with E-state index in [1.54, 1.807) is 0 Å². The molecule has 0 fully saturated rings. The van der Waals surface area contributed by atoms with Crippen LogP contribution in [-0.4, -0.2) is 0 Å². The standard InChI is InChI=1S/C44H26O2/c1-2-10-28(11-3-1)41-32-12-4-6-14-34(32)42(35-15-7-5-13-33(35)41)29-20-18-27(19-21-29)30-22-23-31-36-24-25-39-43(44(36)46-40(31)26-30)37-16-8-9-17-38(37)45-39/h1-26H. The van der Waals surface area contributed by atoms with Crippen molar-refractivity contribution in [1.82, 2.24) is 0 Å². The summed E-state index contributed by atoms with van der Waals surface area (Å²) in [7, 11) is 0. The minimum absolute atomic E-state index is 0.848. The molecule has 0 bridgehead atoms. The Bertz CT molecular complexity index is 2720. The molecule has 214 valence electrons. The summed E-state index contributed by atoms with van der Waals surface area (Å²) in [4.78, 5) is 0. The van der Waals surface area contributed by atoms with Crippen molar-refractivity contribution in [1.29, 1.82) is 0 Å². The Morgan fingerprint density at radius 3 is 1.48 bits per heavy atom. The molecule has 2 aromatic heterocycles. The number of benzene rings is 8. The van der Waals surface area contributed by atoms with Gasteiger partial charge in [0.1, 0.15) is 22.3 Å². The SMILES string of the molecule is c1ccc(-c2c3ccccc3c(-c3ccc(-c4ccc5c(c4)oc4c5ccc5oc6ccccc6c54)cc3)c3ccccc23)cc1. The first kappa shape index (κ1) is 25.2. The van der Waals surface area contributed by atoms with Gasteiger partial charge in [0.2, 0.25) is 0 Å². The molecule has 2 heterocycles. The Kier molecular flexibility index (Phi) is 5.31. The van der Waals surface area contributed by atoms with Gasteiger partial charge in [0.15, 0.2) is 0 Å². The first-order valence-corrected chi connectivity index (χ1v) is 15.7. The fourth-order valence-electron chi connectivity index (χ4n) is 7.41. The van der Waals surface area contributed by atoms with E-state index in [9.17, 15) is 0 Å². The number of fused-ring (bicyclic) bond motifs is 9. The first-order chi connectivity index (χ1) is 22.8. The van der Waals surface area contributed by atoms with Crippen molar-refractivity contribution in [3.05, 3.63) is 158 Å². The molecule has 0 unspecified atom stereocenters. The molecule has 0 saturated carbocycles. The highest BCUT2D eigenvalue weighted by atomic mass is 16.3. The second kappa shape index (κ2) is 9.69. The van der Waals surface area contributed by atoms with Crippen molar-refractivity contribution in [3.63, 3.8) is 0 Å². The van der Waals surface area contributed by atoms with E-state index >= 15 is 0 Å². The van der Waals surface area contributed by atoms with E-state index in [-0.39, 0.29) is 0 Å². The zero-order valence-electron chi connectivity index (χ0n) is 24.8. The lowest BCUT2D eigenvalue weighted by Gasteiger charge is -2.18. The fourth-order valence-corrected chi connectivity index (χ4v) is 7.41. The van der Waals surface area contributed by atoms with Gasteiger partial charge in [-0.2, -0.15) is 0 Å². The van der Waals surface area contributed by atoms with E-state index < -0.39 is 0 Å². The third kappa shape index (κ3) is 3.65. The number of para-hydroxylation sites is 1. The minimum Gasteiger partial charge on any atom is -0.456 e. The summed E-state index contributed by atoms with van der Waals surface area (Å²) in [5.74, 6) is 0. The summed E-state index contributed by atoms with van der Waals surface area (Å²) >= 11 is 0. The van der Waals surface area contributed by atoms with Crippen LogP contribution in [0.1, 0.15) is 0 Å². The number of hydrogen-bond acceptors (Lipinski definition) is 2. The summed E-state index contributed by atoms with van der Waals surface area (Å²) < 4.78 is 12.7. The van der Waals surface area contributed by atoms with E-state index in [4.69, 9.17) is 8.83 Å². The van der Waals surface area contributed by atoms with Crippen LogP contribution in [0.3, 0.4) is 0 Å². The summed E-state index contributed by atoms with van der Waals surface area (Å²) in [6.07, 6.45) is 0. The molecule has 46 heavy (non-hydrogen) atoms. The summed E-state index contributed by atoms with van der Waals surface area (Å²) in [6, 6.07) is 56.2. The minimum atomic E-state index is 0.848. The normalized spacial score (nSPS) is 11.9. The zero-order chi connectivity index (χ0) is 30.2. The molecule has 0 atom stereocenters. The van der Waals surface area contributed by atoms with Gasteiger partial charge in [-0.05, 0) is 85.3 Å². The molecule has 2 heteroatoms. The van der Waals surface area contributed by atoms with Crippen LogP contribution in [0, 0.1) is 0 Å². The molecule has 0 aliphatic heterocycles. The second-order valence-corrected chi connectivity index (χ2v) is 12.0. The first-order valence-electron chi connectivity index (χ1n) is 15.7. The third-order valence-electron chi connectivity index (χ3n) is 9.48. The average molecular weight is 587 g/mol. The van der Waals surface area contributed by atoms with Crippen molar-refractivity contribution in [2.75, 3.05) is 0 Å². The van der Waals surface area contributed by atoms with Gasteiger partial charge in [-0.1, -0.05) is 127 Å². The Morgan fingerprint density at radius 1 is 0.283 bits per heavy atom. The van der Waals surface area contributed by atoms with E-state index in [0.717, 1.165) is 55.0 Å². The van der Waals surface area contributed by atoms with Gasteiger partial charge < -0.3 is 8.83 Å². The van der Waals surface area contributed by atoms with E-state index in [1.807, 2.05) is 18.2 Å². The van der Waals surface area contributed by atoms with Gasteiger partial charge in [-0.15, -0.1) is 0 Å². The van der Waals surface area contributed by atoms with Crippen molar-refractivity contribution >= 4 is 65.4 Å². The van der Waals surface area contributed by atoms with Gasteiger partial charge in [0.05, 0.1) is 5.39 Å². The summed E-state index contributed by atoms with van der Waals surface area (Å²) in [5, 5.41) is 9.38. The highest BCUT2D eigenvalue weighted by Gasteiger charge is 2.18. The molecule has 0 aliphatic carbocycles. The fraction of sp³-hybridized carbons (Fsp3) is 0. The van der Waals surface area contributed by atoms with Gasteiger partial charge in [0, 0.05) is 16.2 Å². The van der Waals surface area contributed by atoms with Crippen molar-refractivity contribution < 1.29 is 8.83 Å². The maximum Gasteiger partial charge on any atom is 0.147 e. The quantitative estimate of drug-likeness (QED) is 0.193. The molecule has 8 aromatic carbocycles. The van der Waals surface area contributed by atoms with E-state index in [1.165, 1.54) is 43.8 Å². The Morgan fingerprint density at radius 2 is 0.804 bits per heavy atom. The smallest absolute Gasteiger partial charge is 0.147 e. The monoisotopic (exact) mass is 586 g/mol. The highest BCUT2D eigenvalue weighted by Crippen LogP contribution is 2.44. The predicted octanol–water partition coefficient (Wildman–Crippen LogP) is 12.8. The maximum atomic E-state index is 6.57. The van der Waals surface area contributed by atoms with Gasteiger partial charge in [0.25, 0.3) is 0 Å². The Balaban J connectivity index is 1.12. The van der Waals surface area contributed by atoms with Crippen LogP contribution in [-0.2, 0) is 0 Å². The Labute approximate surface area is 264 Å². The molecule has 0 spiro atoms. The van der Waals surface area contributed by atoms with Crippen LogP contribution < -0.4 is 0 Å². The highest BCUT2D eigenvalue weighted by molar-refractivity contribution is 6.23. The molecular weight excluding hydrogens is 560 g/mol. The van der Waals surface area contributed by atoms with Gasteiger partial charge in [-0.3, -0.25) is 0 Å². The van der Waals surface area contributed by atoms with Crippen LogP contribution >= 0.6 is 0 Å². The largest absolute Gasteiger partial charge is 0.456 e. The zero-order valence-corrected chi connectivity index (χ0v) is 24.8. The third-order valence-corrected chi connectivity index (χ3v) is 9.48. The van der Waals surface area contributed by atoms with E-state index in [0.29, 0.717) is 0 Å². The lowest BCUT2D eigenvalue weighted by atomic mass is 9.86. The van der Waals surface area contributed by atoms with Gasteiger partial charge in [-0.25, -0.2) is 0 Å². The average Bonchev–Trinajstić information content (AvgIpc) is 3.69. The lowest BCUT2D eigenvalue weighted by molar-refractivity contribution is 0.663. The number of hydrogen-bond donors (Lipinski definition) is 0. The van der Waals surface area contributed by atoms with Crippen molar-refractivity contribution in [2.24, 2.45) is 0 Å². The molecule has 10 rings (SSSR count). The molecule has 2 nitrogen and oxygen atoms in total. The van der Waals surface area contributed by atoms with Crippen LogP contribution in [0.15, 0.2) is 167 Å². The van der Waals surface area contributed by atoms with Crippen LogP contribution in [0.5, 0.6) is 0 Å². The molecule has 0 saturated heterocycles. The number of furan rings is 2. The van der Waals surface area contributed by atoms with Crippen molar-refractivity contribution in [2.45, 2.75) is 0 Å². The van der Waals surface area contributed by atoms with E-state index in [2.05, 4.69) is 140 Å². The van der Waals surface area contributed by atoms with Crippen LogP contribution in [0.2, 0.25) is 0 Å². The molecule has 10 aromatic rings. The molecule has 0 amide bonds. The Hall–Kier alpha value is -6.12. The predicted molar refractivity (Wildman–Crippen MR) is 192 cm³/mol. The second-order valence-electron chi connectivity index (χ2n) is 12.0. The molecule has 0 radical (unpaired) electrons. The summed E-state index contributed by atoms with van der Waals surface area (Å²) in [6.45, 7) is 0.